The fourth-order valence-corrected chi connectivity index (χ4v) is 5.85. The second-order valence-electron chi connectivity index (χ2n) is 7.54. The van der Waals surface area contributed by atoms with E-state index in [-0.39, 0.29) is 6.67 Å². The quantitative estimate of drug-likeness (QED) is 0.274. The molecule has 0 radical (unpaired) electrons. The number of halogens is 2. The lowest BCUT2D eigenvalue weighted by molar-refractivity contribution is 0.0650. The third kappa shape index (κ3) is 3.77. The van der Waals surface area contributed by atoms with E-state index in [0.29, 0.717) is 32.5 Å². The van der Waals surface area contributed by atoms with Crippen LogP contribution in [0.4, 0.5) is 5.69 Å². The first kappa shape index (κ1) is 22.6. The number of carbonyl (C=O) groups is 3. The van der Waals surface area contributed by atoms with E-state index in [1.165, 1.54) is 16.2 Å². The van der Waals surface area contributed by atoms with Crippen LogP contribution in [-0.2, 0) is 0 Å². The van der Waals surface area contributed by atoms with Crippen molar-refractivity contribution >= 4 is 72.4 Å². The van der Waals surface area contributed by atoms with E-state index < -0.39 is 17.7 Å². The van der Waals surface area contributed by atoms with Crippen molar-refractivity contribution in [2.75, 3.05) is 18.7 Å². The van der Waals surface area contributed by atoms with Crippen LogP contribution in [0.5, 0.6) is 5.75 Å². The highest BCUT2D eigenvalue weighted by Crippen LogP contribution is 2.38. The molecule has 3 aromatic carbocycles. The number of fused-ring (bicyclic) bond motifs is 2. The first-order valence-electron chi connectivity index (χ1n) is 10.2. The SMILES string of the molecule is COc1ccc(N(CN2C(=O)c3ccccc3C2=O)C(=O)c2sc3cc(Br)ccc3c2Cl)cc1. The summed E-state index contributed by atoms with van der Waals surface area (Å²) >= 11 is 11.3. The van der Waals surface area contributed by atoms with Gasteiger partial charge in [-0.2, -0.15) is 0 Å². The molecule has 0 saturated carbocycles. The standard InChI is InChI=1S/C25H16BrClN2O4S/c1-33-16-9-7-15(8-10-16)28(13-29-23(30)17-4-2-3-5-18(17)24(29)31)25(32)22-21(27)19-11-6-14(26)12-20(19)34-22/h2-12H,13H2,1H3. The van der Waals surface area contributed by atoms with E-state index >= 15 is 0 Å². The zero-order valence-corrected chi connectivity index (χ0v) is 20.9. The Morgan fingerprint density at radius 3 is 2.29 bits per heavy atom. The largest absolute Gasteiger partial charge is 0.497 e. The molecule has 34 heavy (non-hydrogen) atoms. The lowest BCUT2D eigenvalue weighted by atomic mass is 10.1. The Labute approximate surface area is 212 Å². The van der Waals surface area contributed by atoms with Gasteiger partial charge in [-0.3, -0.25) is 24.2 Å². The summed E-state index contributed by atoms with van der Waals surface area (Å²) in [5, 5.41) is 1.09. The van der Waals surface area contributed by atoms with E-state index in [0.717, 1.165) is 19.5 Å². The number of imide groups is 1. The van der Waals surface area contributed by atoms with Crippen LogP contribution in [-0.4, -0.2) is 36.4 Å². The van der Waals surface area contributed by atoms with Crippen molar-refractivity contribution in [3.63, 3.8) is 0 Å². The van der Waals surface area contributed by atoms with Crippen LogP contribution in [0.15, 0.2) is 71.2 Å². The van der Waals surface area contributed by atoms with Gasteiger partial charge in [0.25, 0.3) is 17.7 Å². The van der Waals surface area contributed by atoms with Crippen molar-refractivity contribution in [2.45, 2.75) is 0 Å². The number of rotatable bonds is 5. The minimum absolute atomic E-state index is 0.258. The predicted molar refractivity (Wildman–Crippen MR) is 136 cm³/mol. The fourth-order valence-electron chi connectivity index (χ4n) is 3.83. The molecule has 0 bridgehead atoms. The first-order valence-corrected chi connectivity index (χ1v) is 12.2. The molecule has 6 nitrogen and oxygen atoms in total. The number of ether oxygens (including phenoxy) is 1. The lowest BCUT2D eigenvalue weighted by Gasteiger charge is -2.27. The topological polar surface area (TPSA) is 66.9 Å². The minimum atomic E-state index is -0.446. The molecular formula is C25H16BrClN2O4S. The summed E-state index contributed by atoms with van der Waals surface area (Å²) in [6, 6.07) is 19.0. The highest BCUT2D eigenvalue weighted by Gasteiger charge is 2.38. The zero-order chi connectivity index (χ0) is 24.0. The van der Waals surface area contributed by atoms with E-state index in [1.807, 2.05) is 18.2 Å². The normalized spacial score (nSPS) is 12.9. The summed E-state index contributed by atoms with van der Waals surface area (Å²) in [6.07, 6.45) is 0. The van der Waals surface area contributed by atoms with Crippen LogP contribution >= 0.6 is 38.9 Å². The molecule has 1 aliphatic rings. The third-order valence-corrected chi connectivity index (χ3v) is 7.71. The Morgan fingerprint density at radius 1 is 1.03 bits per heavy atom. The third-order valence-electron chi connectivity index (χ3n) is 5.58. The maximum Gasteiger partial charge on any atom is 0.271 e. The smallest absolute Gasteiger partial charge is 0.271 e. The van der Waals surface area contributed by atoms with E-state index in [4.69, 9.17) is 16.3 Å². The molecule has 4 aromatic rings. The Hall–Kier alpha value is -3.20. The zero-order valence-electron chi connectivity index (χ0n) is 17.7. The van der Waals surface area contributed by atoms with Gasteiger partial charge in [-0.15, -0.1) is 11.3 Å². The van der Waals surface area contributed by atoms with E-state index in [1.54, 1.807) is 55.6 Å². The Kier molecular flexibility index (Phi) is 5.89. The van der Waals surface area contributed by atoms with Crippen LogP contribution in [0, 0.1) is 0 Å². The molecule has 0 atom stereocenters. The van der Waals surface area contributed by atoms with Crippen molar-refractivity contribution in [3.8, 4) is 5.75 Å². The van der Waals surface area contributed by atoms with Crippen molar-refractivity contribution < 1.29 is 19.1 Å². The van der Waals surface area contributed by atoms with Gasteiger partial charge in [0.15, 0.2) is 0 Å². The summed E-state index contributed by atoms with van der Waals surface area (Å²) in [5.41, 5.74) is 1.14. The van der Waals surface area contributed by atoms with Crippen molar-refractivity contribution in [3.05, 3.63) is 92.2 Å². The van der Waals surface area contributed by atoms with Gasteiger partial charge in [0.2, 0.25) is 0 Å². The summed E-state index contributed by atoms with van der Waals surface area (Å²) in [7, 11) is 1.55. The van der Waals surface area contributed by atoms with Gasteiger partial charge >= 0.3 is 0 Å². The highest BCUT2D eigenvalue weighted by atomic mass is 79.9. The second-order valence-corrected chi connectivity index (χ2v) is 9.89. The first-order chi connectivity index (χ1) is 16.4. The number of hydrogen-bond acceptors (Lipinski definition) is 5. The number of anilines is 1. The molecule has 0 fully saturated rings. The molecule has 170 valence electrons. The second kappa shape index (κ2) is 8.87. The maximum absolute atomic E-state index is 13.8. The van der Waals surface area contributed by atoms with Crippen LogP contribution in [0.1, 0.15) is 30.4 Å². The van der Waals surface area contributed by atoms with E-state index in [2.05, 4.69) is 15.9 Å². The summed E-state index contributed by atoms with van der Waals surface area (Å²) in [5.74, 6) is -0.692. The number of amides is 3. The number of benzene rings is 3. The van der Waals surface area contributed by atoms with Gasteiger partial charge in [-0.25, -0.2) is 0 Å². The number of carbonyl (C=O) groups excluding carboxylic acids is 3. The summed E-state index contributed by atoms with van der Waals surface area (Å²) < 4.78 is 6.94. The number of thiophene rings is 1. The van der Waals surface area contributed by atoms with Gasteiger partial charge < -0.3 is 4.74 Å². The van der Waals surface area contributed by atoms with Gasteiger partial charge in [0, 0.05) is 20.2 Å². The van der Waals surface area contributed by atoms with E-state index in [9.17, 15) is 14.4 Å². The Balaban J connectivity index is 1.57. The monoisotopic (exact) mass is 554 g/mol. The molecule has 1 aliphatic heterocycles. The molecule has 0 spiro atoms. The molecule has 9 heteroatoms. The average molecular weight is 556 g/mol. The van der Waals surface area contributed by atoms with Gasteiger partial charge in [-0.1, -0.05) is 45.7 Å². The molecule has 3 amide bonds. The van der Waals surface area contributed by atoms with Gasteiger partial charge in [0.1, 0.15) is 17.3 Å². The van der Waals surface area contributed by atoms with Crippen molar-refractivity contribution in [1.82, 2.24) is 4.90 Å². The summed E-state index contributed by atoms with van der Waals surface area (Å²) in [4.78, 5) is 42.6. The average Bonchev–Trinajstić information content (AvgIpc) is 3.30. The predicted octanol–water partition coefficient (Wildman–Crippen LogP) is 6.23. The number of nitrogens with zero attached hydrogens (tertiary/aromatic N) is 2. The molecule has 0 aliphatic carbocycles. The molecule has 0 unspecified atom stereocenters. The maximum atomic E-state index is 13.8. The lowest BCUT2D eigenvalue weighted by Crippen LogP contribution is -2.44. The van der Waals surface area contributed by atoms with Crippen LogP contribution in [0.3, 0.4) is 0 Å². The van der Waals surface area contributed by atoms with Gasteiger partial charge in [-0.05, 0) is 48.5 Å². The Bertz CT molecular complexity index is 1430. The highest BCUT2D eigenvalue weighted by molar-refractivity contribution is 9.10. The van der Waals surface area contributed by atoms with Crippen molar-refractivity contribution in [2.24, 2.45) is 0 Å². The van der Waals surface area contributed by atoms with Crippen molar-refractivity contribution in [1.29, 1.82) is 0 Å². The molecule has 0 N–H and O–H groups in total. The molecule has 5 rings (SSSR count). The summed E-state index contributed by atoms with van der Waals surface area (Å²) in [6.45, 7) is -0.258. The Morgan fingerprint density at radius 2 is 1.68 bits per heavy atom. The van der Waals surface area contributed by atoms with Crippen LogP contribution < -0.4 is 9.64 Å². The molecular weight excluding hydrogens is 540 g/mol. The van der Waals surface area contributed by atoms with Crippen LogP contribution in [0.2, 0.25) is 5.02 Å². The molecule has 2 heterocycles. The minimum Gasteiger partial charge on any atom is -0.497 e. The fraction of sp³-hybridized carbons (Fsp3) is 0.0800. The molecule has 0 saturated heterocycles. The number of hydrogen-bond donors (Lipinski definition) is 0. The number of methoxy groups -OCH3 is 1. The molecule has 1 aromatic heterocycles. The van der Waals surface area contributed by atoms with Crippen LogP contribution in [0.25, 0.3) is 10.1 Å². The van der Waals surface area contributed by atoms with Gasteiger partial charge in [0.05, 0.1) is 23.3 Å².